The normalized spacial score (nSPS) is 30.7. The van der Waals surface area contributed by atoms with Crippen molar-refractivity contribution < 1.29 is 4.79 Å². The van der Waals surface area contributed by atoms with Crippen molar-refractivity contribution in [2.75, 3.05) is 33.2 Å². The second kappa shape index (κ2) is 5.15. The van der Waals surface area contributed by atoms with Crippen LogP contribution in [-0.4, -0.2) is 60.5 Å². The van der Waals surface area contributed by atoms with Crippen LogP contribution in [0.15, 0.2) is 0 Å². The minimum atomic E-state index is -0.822. The van der Waals surface area contributed by atoms with Gasteiger partial charge in [-0.3, -0.25) is 9.69 Å². The SMILES string of the molecule is CC1CN(C)CCCN1CC(N)(C(N)=O)C1CC1. The first-order valence-corrected chi connectivity index (χ1v) is 6.95. The molecule has 1 aliphatic carbocycles. The number of carbonyl (C=O) groups is 1. The molecule has 1 heterocycles. The van der Waals surface area contributed by atoms with Gasteiger partial charge in [-0.15, -0.1) is 0 Å². The molecule has 0 aromatic carbocycles. The molecule has 104 valence electrons. The zero-order valence-electron chi connectivity index (χ0n) is 11.6. The summed E-state index contributed by atoms with van der Waals surface area (Å²) in [6, 6.07) is 0.429. The maximum Gasteiger partial charge on any atom is 0.239 e. The molecule has 2 rings (SSSR count). The van der Waals surface area contributed by atoms with Gasteiger partial charge >= 0.3 is 0 Å². The molecule has 2 aliphatic rings. The highest BCUT2D eigenvalue weighted by atomic mass is 16.1. The number of rotatable bonds is 4. The van der Waals surface area contributed by atoms with Crippen LogP contribution >= 0.6 is 0 Å². The minimum absolute atomic E-state index is 0.295. The highest BCUT2D eigenvalue weighted by Crippen LogP contribution is 2.39. The first kappa shape index (κ1) is 13.8. The fourth-order valence-electron chi connectivity index (χ4n) is 3.00. The smallest absolute Gasteiger partial charge is 0.239 e. The Labute approximate surface area is 109 Å². The van der Waals surface area contributed by atoms with E-state index in [2.05, 4.69) is 23.8 Å². The lowest BCUT2D eigenvalue weighted by atomic mass is 9.92. The lowest BCUT2D eigenvalue weighted by Gasteiger charge is -2.36. The number of hydrogen-bond donors (Lipinski definition) is 2. The van der Waals surface area contributed by atoms with Crippen molar-refractivity contribution in [3.05, 3.63) is 0 Å². The lowest BCUT2D eigenvalue weighted by Crippen LogP contribution is -2.62. The predicted molar refractivity (Wildman–Crippen MR) is 72.0 cm³/mol. The second-order valence-corrected chi connectivity index (χ2v) is 6.11. The molecule has 1 aliphatic heterocycles. The van der Waals surface area contributed by atoms with Crippen LogP contribution in [0.3, 0.4) is 0 Å². The molecule has 5 nitrogen and oxygen atoms in total. The van der Waals surface area contributed by atoms with E-state index in [0.717, 1.165) is 38.9 Å². The largest absolute Gasteiger partial charge is 0.368 e. The van der Waals surface area contributed by atoms with E-state index in [1.165, 1.54) is 0 Å². The van der Waals surface area contributed by atoms with Gasteiger partial charge in [0.05, 0.1) is 0 Å². The zero-order valence-corrected chi connectivity index (χ0v) is 11.6. The van der Waals surface area contributed by atoms with Gasteiger partial charge in [-0.05, 0) is 52.2 Å². The van der Waals surface area contributed by atoms with E-state index in [0.29, 0.717) is 18.5 Å². The van der Waals surface area contributed by atoms with Gasteiger partial charge in [0.2, 0.25) is 5.91 Å². The number of primary amides is 1. The summed E-state index contributed by atoms with van der Waals surface area (Å²) >= 11 is 0. The van der Waals surface area contributed by atoms with E-state index in [-0.39, 0.29) is 5.91 Å². The summed E-state index contributed by atoms with van der Waals surface area (Å²) in [5.41, 5.74) is 11.0. The fourth-order valence-corrected chi connectivity index (χ4v) is 3.00. The van der Waals surface area contributed by atoms with Crippen LogP contribution < -0.4 is 11.5 Å². The maximum absolute atomic E-state index is 11.7. The van der Waals surface area contributed by atoms with E-state index in [9.17, 15) is 4.79 Å². The number of amides is 1. The van der Waals surface area contributed by atoms with Crippen molar-refractivity contribution in [2.24, 2.45) is 17.4 Å². The molecule has 1 saturated carbocycles. The number of carbonyl (C=O) groups excluding carboxylic acids is 1. The second-order valence-electron chi connectivity index (χ2n) is 6.11. The molecule has 2 unspecified atom stereocenters. The average molecular weight is 254 g/mol. The molecular formula is C13H26N4O. The number of likely N-dealkylation sites (N-methyl/N-ethyl adjacent to an activating group) is 1. The van der Waals surface area contributed by atoms with E-state index in [1.54, 1.807) is 0 Å². The van der Waals surface area contributed by atoms with E-state index in [1.807, 2.05) is 0 Å². The maximum atomic E-state index is 11.7. The molecular weight excluding hydrogens is 228 g/mol. The first-order chi connectivity index (χ1) is 8.43. The molecule has 18 heavy (non-hydrogen) atoms. The quantitative estimate of drug-likeness (QED) is 0.716. The summed E-state index contributed by atoms with van der Waals surface area (Å²) in [5.74, 6) is -0.0435. The fraction of sp³-hybridized carbons (Fsp3) is 0.923. The molecule has 0 spiro atoms. The third-order valence-corrected chi connectivity index (χ3v) is 4.41. The molecule has 0 radical (unpaired) electrons. The summed E-state index contributed by atoms with van der Waals surface area (Å²) in [6.07, 6.45) is 3.21. The molecule has 0 bridgehead atoms. The topological polar surface area (TPSA) is 75.6 Å². The number of hydrogen-bond acceptors (Lipinski definition) is 4. The summed E-state index contributed by atoms with van der Waals surface area (Å²) in [7, 11) is 2.14. The third kappa shape index (κ3) is 2.84. The van der Waals surface area contributed by atoms with E-state index < -0.39 is 5.54 Å². The number of nitrogens with two attached hydrogens (primary N) is 2. The third-order valence-electron chi connectivity index (χ3n) is 4.41. The molecule has 5 heteroatoms. The van der Waals surface area contributed by atoms with Gasteiger partial charge in [0.1, 0.15) is 5.54 Å². The van der Waals surface area contributed by atoms with Crippen molar-refractivity contribution in [1.29, 1.82) is 0 Å². The molecule has 0 aromatic rings. The Morgan fingerprint density at radius 3 is 2.61 bits per heavy atom. The Morgan fingerprint density at radius 1 is 1.39 bits per heavy atom. The standard InChI is InChI=1S/C13H26N4O/c1-10-8-16(2)6-3-7-17(10)9-13(15,12(14)18)11-4-5-11/h10-11H,3-9,15H2,1-2H3,(H2,14,18). The van der Waals surface area contributed by atoms with Gasteiger partial charge in [0.25, 0.3) is 0 Å². The van der Waals surface area contributed by atoms with E-state index in [4.69, 9.17) is 11.5 Å². The Bertz CT molecular complexity index is 318. The lowest BCUT2D eigenvalue weighted by molar-refractivity contribution is -0.124. The van der Waals surface area contributed by atoms with Gasteiger partial charge in [-0.1, -0.05) is 0 Å². The van der Waals surface area contributed by atoms with Gasteiger partial charge in [-0.25, -0.2) is 0 Å². The molecule has 1 amide bonds. The van der Waals surface area contributed by atoms with Crippen LogP contribution in [0.1, 0.15) is 26.2 Å². The summed E-state index contributed by atoms with van der Waals surface area (Å²) in [5, 5.41) is 0. The van der Waals surface area contributed by atoms with Gasteiger partial charge in [0, 0.05) is 19.1 Å². The summed E-state index contributed by atoms with van der Waals surface area (Å²) in [6.45, 7) is 5.96. The monoisotopic (exact) mass is 254 g/mol. The molecule has 2 atom stereocenters. The summed E-state index contributed by atoms with van der Waals surface area (Å²) < 4.78 is 0. The Hall–Kier alpha value is -0.650. The van der Waals surface area contributed by atoms with Gasteiger partial charge in [0.15, 0.2) is 0 Å². The highest BCUT2D eigenvalue weighted by Gasteiger charge is 2.48. The average Bonchev–Trinajstić information content (AvgIpc) is 3.09. The van der Waals surface area contributed by atoms with Crippen molar-refractivity contribution in [1.82, 2.24) is 9.80 Å². The predicted octanol–water partition coefficient (Wildman–Crippen LogP) is -0.395. The Morgan fingerprint density at radius 2 is 2.06 bits per heavy atom. The van der Waals surface area contributed by atoms with Crippen LogP contribution in [0, 0.1) is 5.92 Å². The number of nitrogens with zero attached hydrogens (tertiary/aromatic N) is 2. The van der Waals surface area contributed by atoms with Crippen LogP contribution in [0.25, 0.3) is 0 Å². The summed E-state index contributed by atoms with van der Waals surface area (Å²) in [4.78, 5) is 16.4. The van der Waals surface area contributed by atoms with Crippen LogP contribution in [0.2, 0.25) is 0 Å². The zero-order chi connectivity index (χ0) is 13.3. The van der Waals surface area contributed by atoms with Crippen molar-refractivity contribution in [2.45, 2.75) is 37.8 Å². The minimum Gasteiger partial charge on any atom is -0.368 e. The molecule has 2 fully saturated rings. The van der Waals surface area contributed by atoms with Gasteiger partial charge in [-0.2, -0.15) is 0 Å². The Balaban J connectivity index is 2.04. The van der Waals surface area contributed by atoms with Crippen LogP contribution in [-0.2, 0) is 4.79 Å². The van der Waals surface area contributed by atoms with Crippen LogP contribution in [0.4, 0.5) is 0 Å². The van der Waals surface area contributed by atoms with E-state index >= 15 is 0 Å². The molecule has 4 N–H and O–H groups in total. The van der Waals surface area contributed by atoms with Crippen molar-refractivity contribution >= 4 is 5.91 Å². The van der Waals surface area contributed by atoms with Crippen LogP contribution in [0.5, 0.6) is 0 Å². The highest BCUT2D eigenvalue weighted by molar-refractivity contribution is 5.85. The Kier molecular flexibility index (Phi) is 3.94. The van der Waals surface area contributed by atoms with Crippen molar-refractivity contribution in [3.63, 3.8) is 0 Å². The van der Waals surface area contributed by atoms with Gasteiger partial charge < -0.3 is 16.4 Å². The molecule has 0 aromatic heterocycles. The first-order valence-electron chi connectivity index (χ1n) is 6.95. The molecule has 1 saturated heterocycles. The van der Waals surface area contributed by atoms with Crippen molar-refractivity contribution in [3.8, 4) is 0 Å².